The first-order valence-corrected chi connectivity index (χ1v) is 7.90. The Bertz CT molecular complexity index is 353. The monoisotopic (exact) mass is 282 g/mol. The van der Waals surface area contributed by atoms with Crippen molar-refractivity contribution < 1.29 is 14.7 Å². The SMILES string of the molecule is CCC(CC(=O)O)NC(=O)N1CCCC1C1CCCC1. The minimum Gasteiger partial charge on any atom is -0.481 e. The Morgan fingerprint density at radius 1 is 1.25 bits per heavy atom. The molecule has 5 nitrogen and oxygen atoms in total. The van der Waals surface area contributed by atoms with Crippen LogP contribution in [0.5, 0.6) is 0 Å². The van der Waals surface area contributed by atoms with Crippen LogP contribution in [0.4, 0.5) is 4.79 Å². The molecule has 1 saturated carbocycles. The average molecular weight is 282 g/mol. The summed E-state index contributed by atoms with van der Waals surface area (Å²) in [6, 6.07) is 0.0529. The minimum absolute atomic E-state index is 0.00414. The zero-order chi connectivity index (χ0) is 14.5. The lowest BCUT2D eigenvalue weighted by atomic mass is 9.96. The van der Waals surface area contributed by atoms with Crippen LogP contribution in [0.1, 0.15) is 58.3 Å². The molecule has 1 heterocycles. The van der Waals surface area contributed by atoms with Crippen LogP contribution in [0.2, 0.25) is 0 Å². The number of carbonyl (C=O) groups excluding carboxylic acids is 1. The van der Waals surface area contributed by atoms with Gasteiger partial charge in [0.25, 0.3) is 0 Å². The van der Waals surface area contributed by atoms with E-state index in [4.69, 9.17) is 5.11 Å². The number of aliphatic carboxylic acids is 1. The third kappa shape index (κ3) is 3.64. The zero-order valence-electron chi connectivity index (χ0n) is 12.3. The second-order valence-corrected chi connectivity index (χ2v) is 6.10. The van der Waals surface area contributed by atoms with Crippen molar-refractivity contribution in [3.8, 4) is 0 Å². The molecular formula is C15H26N2O3. The first-order valence-electron chi connectivity index (χ1n) is 7.90. The Hall–Kier alpha value is -1.26. The second-order valence-electron chi connectivity index (χ2n) is 6.10. The lowest BCUT2D eigenvalue weighted by Crippen LogP contribution is -2.48. The van der Waals surface area contributed by atoms with E-state index >= 15 is 0 Å². The highest BCUT2D eigenvalue weighted by Crippen LogP contribution is 2.35. The third-order valence-corrected chi connectivity index (χ3v) is 4.75. The van der Waals surface area contributed by atoms with Gasteiger partial charge in [-0.1, -0.05) is 19.8 Å². The highest BCUT2D eigenvalue weighted by molar-refractivity contribution is 5.76. The molecule has 1 aliphatic heterocycles. The first-order chi connectivity index (χ1) is 9.61. The zero-order valence-corrected chi connectivity index (χ0v) is 12.3. The van der Waals surface area contributed by atoms with Gasteiger partial charge in [0.2, 0.25) is 0 Å². The smallest absolute Gasteiger partial charge is 0.317 e. The summed E-state index contributed by atoms with van der Waals surface area (Å²) >= 11 is 0. The average Bonchev–Trinajstić information content (AvgIpc) is 3.07. The van der Waals surface area contributed by atoms with Gasteiger partial charge in [-0.05, 0) is 38.0 Å². The fourth-order valence-corrected chi connectivity index (χ4v) is 3.64. The lowest BCUT2D eigenvalue weighted by Gasteiger charge is -2.31. The molecule has 2 N–H and O–H groups in total. The van der Waals surface area contributed by atoms with Gasteiger partial charge >= 0.3 is 12.0 Å². The summed E-state index contributed by atoms with van der Waals surface area (Å²) in [6.45, 7) is 2.73. The number of nitrogens with one attached hydrogen (secondary N) is 1. The van der Waals surface area contributed by atoms with Gasteiger partial charge in [-0.3, -0.25) is 4.79 Å². The van der Waals surface area contributed by atoms with Gasteiger partial charge in [-0.25, -0.2) is 4.79 Å². The molecule has 5 heteroatoms. The van der Waals surface area contributed by atoms with Crippen LogP contribution in [0.3, 0.4) is 0 Å². The summed E-state index contributed by atoms with van der Waals surface area (Å²) in [5.41, 5.74) is 0. The molecule has 0 radical (unpaired) electrons. The number of carboxylic acid groups (broad SMARTS) is 1. The molecule has 0 aromatic carbocycles. The number of rotatable bonds is 5. The van der Waals surface area contributed by atoms with Crippen molar-refractivity contribution in [1.82, 2.24) is 10.2 Å². The lowest BCUT2D eigenvalue weighted by molar-refractivity contribution is -0.137. The van der Waals surface area contributed by atoms with Crippen molar-refractivity contribution in [2.24, 2.45) is 5.92 Å². The summed E-state index contributed by atoms with van der Waals surface area (Å²) in [5, 5.41) is 11.8. The Balaban J connectivity index is 1.91. The predicted molar refractivity (Wildman–Crippen MR) is 76.5 cm³/mol. The Labute approximate surface area is 120 Å². The van der Waals surface area contributed by atoms with E-state index in [0.29, 0.717) is 18.4 Å². The van der Waals surface area contributed by atoms with Gasteiger partial charge < -0.3 is 15.3 Å². The molecule has 0 aromatic heterocycles. The predicted octanol–water partition coefficient (Wildman–Crippen LogP) is 2.60. The number of likely N-dealkylation sites (tertiary alicyclic amines) is 1. The largest absolute Gasteiger partial charge is 0.481 e. The van der Waals surface area contributed by atoms with Crippen molar-refractivity contribution in [1.29, 1.82) is 0 Å². The molecule has 1 aliphatic carbocycles. The van der Waals surface area contributed by atoms with Gasteiger partial charge in [0.15, 0.2) is 0 Å². The standard InChI is InChI=1S/C15H26N2O3/c1-2-12(10-14(18)19)16-15(20)17-9-5-8-13(17)11-6-3-4-7-11/h11-13H,2-10H2,1H3,(H,16,20)(H,18,19). The van der Waals surface area contributed by atoms with Crippen LogP contribution in [-0.4, -0.2) is 40.6 Å². The van der Waals surface area contributed by atoms with Crippen molar-refractivity contribution in [2.45, 2.75) is 70.4 Å². The molecule has 2 unspecified atom stereocenters. The van der Waals surface area contributed by atoms with Crippen molar-refractivity contribution >= 4 is 12.0 Å². The van der Waals surface area contributed by atoms with E-state index in [1.165, 1.54) is 25.7 Å². The molecule has 0 aromatic rings. The van der Waals surface area contributed by atoms with Crippen molar-refractivity contribution in [3.05, 3.63) is 0 Å². The minimum atomic E-state index is -0.856. The quantitative estimate of drug-likeness (QED) is 0.814. The fraction of sp³-hybridized carbons (Fsp3) is 0.867. The number of carbonyl (C=O) groups is 2. The molecule has 2 amide bonds. The summed E-state index contributed by atoms with van der Waals surface area (Å²) in [7, 11) is 0. The normalized spacial score (nSPS) is 24.9. The second kappa shape index (κ2) is 6.95. The van der Waals surface area contributed by atoms with Crippen molar-refractivity contribution in [3.63, 3.8) is 0 Å². The van der Waals surface area contributed by atoms with Gasteiger partial charge in [0, 0.05) is 18.6 Å². The molecule has 2 atom stereocenters. The number of carboxylic acids is 1. The molecule has 1 saturated heterocycles. The highest BCUT2D eigenvalue weighted by atomic mass is 16.4. The highest BCUT2D eigenvalue weighted by Gasteiger charge is 2.36. The summed E-state index contributed by atoms with van der Waals surface area (Å²) in [6.07, 6.45) is 7.88. The van der Waals surface area contributed by atoms with Crippen LogP contribution >= 0.6 is 0 Å². The van der Waals surface area contributed by atoms with Gasteiger partial charge in [0.05, 0.1) is 6.42 Å². The molecule has 0 bridgehead atoms. The van der Waals surface area contributed by atoms with Crippen LogP contribution in [0.25, 0.3) is 0 Å². The summed E-state index contributed by atoms with van der Waals surface area (Å²) in [5.74, 6) is -0.200. The van der Waals surface area contributed by atoms with E-state index < -0.39 is 5.97 Å². The number of hydrogen-bond donors (Lipinski definition) is 2. The molecule has 20 heavy (non-hydrogen) atoms. The van der Waals surface area contributed by atoms with E-state index in [1.807, 2.05) is 11.8 Å². The number of hydrogen-bond acceptors (Lipinski definition) is 2. The van der Waals surface area contributed by atoms with E-state index in [-0.39, 0.29) is 18.5 Å². The molecular weight excluding hydrogens is 256 g/mol. The van der Waals surface area contributed by atoms with Gasteiger partial charge in [-0.2, -0.15) is 0 Å². The molecule has 114 valence electrons. The maximum atomic E-state index is 12.4. The Morgan fingerprint density at radius 2 is 1.95 bits per heavy atom. The van der Waals surface area contributed by atoms with E-state index in [1.54, 1.807) is 0 Å². The first kappa shape index (κ1) is 15.1. The van der Waals surface area contributed by atoms with Gasteiger partial charge in [-0.15, -0.1) is 0 Å². The van der Waals surface area contributed by atoms with Crippen LogP contribution < -0.4 is 5.32 Å². The molecule has 2 rings (SSSR count). The third-order valence-electron chi connectivity index (χ3n) is 4.75. The summed E-state index contributed by atoms with van der Waals surface area (Å²) < 4.78 is 0. The number of amides is 2. The topological polar surface area (TPSA) is 69.6 Å². The van der Waals surface area contributed by atoms with Gasteiger partial charge in [0.1, 0.15) is 0 Å². The number of nitrogens with zero attached hydrogens (tertiary/aromatic N) is 1. The Kier molecular flexibility index (Phi) is 5.26. The van der Waals surface area contributed by atoms with E-state index in [0.717, 1.165) is 19.4 Å². The summed E-state index contributed by atoms with van der Waals surface area (Å²) in [4.78, 5) is 25.1. The molecule has 2 fully saturated rings. The van der Waals surface area contributed by atoms with E-state index in [2.05, 4.69) is 5.32 Å². The molecule has 0 spiro atoms. The van der Waals surface area contributed by atoms with Crippen LogP contribution in [0.15, 0.2) is 0 Å². The van der Waals surface area contributed by atoms with E-state index in [9.17, 15) is 9.59 Å². The maximum absolute atomic E-state index is 12.4. The number of urea groups is 1. The van der Waals surface area contributed by atoms with Crippen molar-refractivity contribution in [2.75, 3.05) is 6.54 Å². The Morgan fingerprint density at radius 3 is 2.55 bits per heavy atom. The maximum Gasteiger partial charge on any atom is 0.317 e. The van der Waals surface area contributed by atoms with Crippen LogP contribution in [-0.2, 0) is 4.79 Å². The fourth-order valence-electron chi connectivity index (χ4n) is 3.64. The van der Waals surface area contributed by atoms with Crippen LogP contribution in [0, 0.1) is 5.92 Å². The molecule has 2 aliphatic rings.